The van der Waals surface area contributed by atoms with Crippen molar-refractivity contribution in [2.45, 2.75) is 26.9 Å². The molecule has 3 aromatic rings. The van der Waals surface area contributed by atoms with E-state index in [4.69, 9.17) is 0 Å². The first-order chi connectivity index (χ1) is 11.7. The highest BCUT2D eigenvalue weighted by atomic mass is 32.1. The van der Waals surface area contributed by atoms with Crippen LogP contribution < -0.4 is 4.87 Å². The van der Waals surface area contributed by atoms with Crippen molar-refractivity contribution in [2.75, 3.05) is 6.54 Å². The van der Waals surface area contributed by atoms with Crippen molar-refractivity contribution in [1.82, 2.24) is 9.88 Å². The smallest absolute Gasteiger partial charge is 0.305 e. The molecule has 4 heteroatoms. The lowest BCUT2D eigenvalue weighted by molar-refractivity contribution is 0.274. The highest BCUT2D eigenvalue weighted by Crippen LogP contribution is 2.25. The molecule has 1 aromatic heterocycles. The lowest BCUT2D eigenvalue weighted by atomic mass is 10.1. The van der Waals surface area contributed by atoms with E-state index < -0.39 is 0 Å². The van der Waals surface area contributed by atoms with E-state index in [9.17, 15) is 4.79 Å². The van der Waals surface area contributed by atoms with E-state index in [-0.39, 0.29) is 4.87 Å². The summed E-state index contributed by atoms with van der Waals surface area (Å²) >= 11 is 1.31. The van der Waals surface area contributed by atoms with Gasteiger partial charge in [0.05, 0.1) is 5.69 Å². The number of H-pyrrole nitrogens is 1. The summed E-state index contributed by atoms with van der Waals surface area (Å²) in [6.07, 6.45) is 0. The predicted octanol–water partition coefficient (Wildman–Crippen LogP) is 4.43. The molecule has 0 spiro atoms. The van der Waals surface area contributed by atoms with Gasteiger partial charge in [-0.1, -0.05) is 78.4 Å². The average Bonchev–Trinajstić information content (AvgIpc) is 2.96. The van der Waals surface area contributed by atoms with Gasteiger partial charge in [0, 0.05) is 18.0 Å². The Bertz CT molecular complexity index is 834. The molecule has 3 nitrogen and oxygen atoms in total. The average molecular weight is 338 g/mol. The number of rotatable bonds is 6. The van der Waals surface area contributed by atoms with Gasteiger partial charge in [0.2, 0.25) is 0 Å². The molecule has 124 valence electrons. The van der Waals surface area contributed by atoms with Crippen LogP contribution in [0.2, 0.25) is 0 Å². The first-order valence-corrected chi connectivity index (χ1v) is 9.02. The van der Waals surface area contributed by atoms with Crippen LogP contribution in [0.4, 0.5) is 0 Å². The molecule has 0 aliphatic heterocycles. The van der Waals surface area contributed by atoms with E-state index in [2.05, 4.69) is 72.3 Å². The zero-order valence-electron chi connectivity index (χ0n) is 14.1. The maximum atomic E-state index is 11.9. The highest BCUT2D eigenvalue weighted by molar-refractivity contribution is 7.09. The number of nitrogens with zero attached hydrogens (tertiary/aromatic N) is 1. The summed E-state index contributed by atoms with van der Waals surface area (Å²) in [7, 11) is 0. The summed E-state index contributed by atoms with van der Waals surface area (Å²) in [6.45, 7) is 6.83. The Hall–Kier alpha value is -2.17. The third-order valence-corrected chi connectivity index (χ3v) is 4.99. The number of nitrogens with one attached hydrogen (secondary N) is 1. The second-order valence-corrected chi connectivity index (χ2v) is 7.04. The van der Waals surface area contributed by atoms with Gasteiger partial charge < -0.3 is 4.98 Å². The zero-order valence-corrected chi connectivity index (χ0v) is 14.9. The number of aryl methyl sites for hydroxylation is 1. The van der Waals surface area contributed by atoms with Gasteiger partial charge in [-0.15, -0.1) is 0 Å². The lowest BCUT2D eigenvalue weighted by Crippen LogP contribution is -2.22. The molecular weight excluding hydrogens is 316 g/mol. The first kappa shape index (κ1) is 16.7. The summed E-state index contributed by atoms with van der Waals surface area (Å²) < 4.78 is 0. The van der Waals surface area contributed by atoms with Crippen LogP contribution in [0.5, 0.6) is 0 Å². The normalized spacial score (nSPS) is 11.1. The Morgan fingerprint density at radius 3 is 2.38 bits per heavy atom. The first-order valence-electron chi connectivity index (χ1n) is 8.21. The van der Waals surface area contributed by atoms with E-state index in [0.29, 0.717) is 0 Å². The molecule has 0 saturated heterocycles. The molecule has 2 aromatic carbocycles. The van der Waals surface area contributed by atoms with Crippen molar-refractivity contribution in [3.8, 4) is 11.3 Å². The van der Waals surface area contributed by atoms with Crippen LogP contribution in [0.3, 0.4) is 0 Å². The number of aromatic nitrogens is 1. The number of thiazole rings is 1. The van der Waals surface area contributed by atoms with Crippen molar-refractivity contribution in [1.29, 1.82) is 0 Å². The van der Waals surface area contributed by atoms with Crippen molar-refractivity contribution in [2.24, 2.45) is 0 Å². The molecule has 1 heterocycles. The predicted molar refractivity (Wildman–Crippen MR) is 101 cm³/mol. The Labute approximate surface area is 146 Å². The van der Waals surface area contributed by atoms with Gasteiger partial charge in [-0.05, 0) is 24.6 Å². The fraction of sp³-hybridized carbons (Fsp3) is 0.250. The van der Waals surface area contributed by atoms with Crippen LogP contribution in [-0.4, -0.2) is 16.4 Å². The number of aromatic amines is 1. The molecule has 3 rings (SSSR count). The second-order valence-electron chi connectivity index (χ2n) is 5.97. The minimum Gasteiger partial charge on any atom is -0.312 e. The molecule has 0 amide bonds. The van der Waals surface area contributed by atoms with Gasteiger partial charge in [-0.25, -0.2) is 0 Å². The maximum Gasteiger partial charge on any atom is 0.305 e. The number of hydrogen-bond donors (Lipinski definition) is 1. The number of benzene rings is 2. The third kappa shape index (κ3) is 4.02. The van der Waals surface area contributed by atoms with Crippen LogP contribution in [0.1, 0.15) is 22.9 Å². The molecule has 0 bridgehead atoms. The topological polar surface area (TPSA) is 36.1 Å². The largest absolute Gasteiger partial charge is 0.312 e. The molecule has 0 fully saturated rings. The summed E-state index contributed by atoms with van der Waals surface area (Å²) in [5.41, 5.74) is 4.54. The van der Waals surface area contributed by atoms with E-state index in [1.165, 1.54) is 22.5 Å². The summed E-state index contributed by atoms with van der Waals surface area (Å²) in [6, 6.07) is 18.8. The minimum atomic E-state index is 0.0105. The SMILES string of the molecule is CCN(Cc1ccccc1)Cc1sc(=O)[nH]c1-c1ccc(C)cc1. The standard InChI is InChI=1S/C20H22N2OS/c1-3-22(13-16-7-5-4-6-8-16)14-18-19(21-20(23)24-18)17-11-9-15(2)10-12-17/h4-12H,3,13-14H2,1-2H3,(H,21,23). The van der Waals surface area contributed by atoms with Gasteiger partial charge in [-0.3, -0.25) is 9.69 Å². The molecule has 0 unspecified atom stereocenters. The molecule has 0 radical (unpaired) electrons. The van der Waals surface area contributed by atoms with Crippen LogP contribution in [0.15, 0.2) is 59.4 Å². The van der Waals surface area contributed by atoms with Gasteiger partial charge in [0.25, 0.3) is 0 Å². The maximum absolute atomic E-state index is 11.9. The lowest BCUT2D eigenvalue weighted by Gasteiger charge is -2.20. The monoisotopic (exact) mass is 338 g/mol. The zero-order chi connectivity index (χ0) is 16.9. The van der Waals surface area contributed by atoms with Crippen LogP contribution in [-0.2, 0) is 13.1 Å². The Balaban J connectivity index is 1.83. The fourth-order valence-corrected chi connectivity index (χ4v) is 3.64. The van der Waals surface area contributed by atoms with Gasteiger partial charge in [0.15, 0.2) is 0 Å². The van der Waals surface area contributed by atoms with E-state index >= 15 is 0 Å². The van der Waals surface area contributed by atoms with Crippen molar-refractivity contribution >= 4 is 11.3 Å². The van der Waals surface area contributed by atoms with Crippen LogP contribution >= 0.6 is 11.3 Å². The molecule has 0 aliphatic carbocycles. The van der Waals surface area contributed by atoms with E-state index in [1.54, 1.807) is 0 Å². The van der Waals surface area contributed by atoms with Crippen LogP contribution in [0, 0.1) is 6.92 Å². The van der Waals surface area contributed by atoms with Crippen molar-refractivity contribution in [3.63, 3.8) is 0 Å². The molecule has 0 saturated carbocycles. The Morgan fingerprint density at radius 1 is 1.00 bits per heavy atom. The summed E-state index contributed by atoms with van der Waals surface area (Å²) in [5.74, 6) is 0. The van der Waals surface area contributed by atoms with Crippen molar-refractivity contribution < 1.29 is 0 Å². The number of hydrogen-bond acceptors (Lipinski definition) is 3. The summed E-state index contributed by atoms with van der Waals surface area (Å²) in [4.78, 5) is 18.4. The van der Waals surface area contributed by atoms with E-state index in [0.717, 1.165) is 35.8 Å². The van der Waals surface area contributed by atoms with Gasteiger partial charge in [-0.2, -0.15) is 0 Å². The van der Waals surface area contributed by atoms with Gasteiger partial charge in [0.1, 0.15) is 0 Å². The molecule has 24 heavy (non-hydrogen) atoms. The Kier molecular flexibility index (Phi) is 5.28. The van der Waals surface area contributed by atoms with Gasteiger partial charge >= 0.3 is 4.87 Å². The molecular formula is C20H22N2OS. The van der Waals surface area contributed by atoms with E-state index in [1.807, 2.05) is 6.07 Å². The quantitative estimate of drug-likeness (QED) is 0.721. The van der Waals surface area contributed by atoms with Crippen LogP contribution in [0.25, 0.3) is 11.3 Å². The minimum absolute atomic E-state index is 0.0105. The summed E-state index contributed by atoms with van der Waals surface area (Å²) in [5, 5.41) is 0. The third-order valence-electron chi connectivity index (χ3n) is 4.13. The van der Waals surface area contributed by atoms with Crippen molar-refractivity contribution in [3.05, 3.63) is 80.3 Å². The highest BCUT2D eigenvalue weighted by Gasteiger charge is 2.14. The molecule has 0 aliphatic rings. The molecule has 0 atom stereocenters. The fourth-order valence-electron chi connectivity index (χ4n) is 2.75. The second kappa shape index (κ2) is 7.60. The molecule has 1 N–H and O–H groups in total. The Morgan fingerprint density at radius 2 is 1.71 bits per heavy atom.